The lowest BCUT2D eigenvalue weighted by atomic mass is 9.96. The molecule has 1 saturated heterocycles. The Morgan fingerprint density at radius 2 is 1.90 bits per heavy atom. The van der Waals surface area contributed by atoms with Gasteiger partial charge in [0.15, 0.2) is 5.16 Å². The van der Waals surface area contributed by atoms with Gasteiger partial charge in [-0.05, 0) is 42.6 Å². The summed E-state index contributed by atoms with van der Waals surface area (Å²) in [5.74, 6) is 3.37. The molecule has 1 fully saturated rings. The standard InChI is InChI=1S/C23H28N4OS/c1-26-22(24-25-23(26)29-17-18-8-4-3-5-9-18)20-11-7-13-27(16-20)15-19-10-6-12-21(14-19)28-2/h3-6,8-10,12,14,20H,7,11,13,15-17H2,1-2H3. The maximum absolute atomic E-state index is 5.37. The van der Waals surface area contributed by atoms with Crippen LogP contribution in [0.5, 0.6) is 5.75 Å². The molecule has 3 aromatic rings. The first-order valence-electron chi connectivity index (χ1n) is 10.1. The molecular weight excluding hydrogens is 380 g/mol. The second-order valence-corrected chi connectivity index (χ2v) is 8.54. The fourth-order valence-corrected chi connectivity index (χ4v) is 4.84. The summed E-state index contributed by atoms with van der Waals surface area (Å²) in [7, 11) is 3.82. The number of rotatable bonds is 7. The molecular formula is C23H28N4OS. The summed E-state index contributed by atoms with van der Waals surface area (Å²) < 4.78 is 7.55. The number of aromatic nitrogens is 3. The van der Waals surface area contributed by atoms with Crippen molar-refractivity contribution in [2.24, 2.45) is 7.05 Å². The van der Waals surface area contributed by atoms with Crippen LogP contribution in [-0.2, 0) is 19.3 Å². The van der Waals surface area contributed by atoms with Crippen LogP contribution in [0.1, 0.15) is 35.7 Å². The Kier molecular flexibility index (Phi) is 6.52. The van der Waals surface area contributed by atoms with Crippen LogP contribution in [0.25, 0.3) is 0 Å². The number of hydrogen-bond donors (Lipinski definition) is 0. The van der Waals surface area contributed by atoms with Gasteiger partial charge in [-0.15, -0.1) is 10.2 Å². The van der Waals surface area contributed by atoms with Gasteiger partial charge in [0.05, 0.1) is 7.11 Å². The van der Waals surface area contributed by atoms with Crippen LogP contribution in [0.3, 0.4) is 0 Å². The molecule has 1 atom stereocenters. The molecule has 2 aromatic carbocycles. The van der Waals surface area contributed by atoms with Crippen LogP contribution in [0, 0.1) is 0 Å². The third-order valence-corrected chi connectivity index (χ3v) is 6.58. The number of piperidine rings is 1. The quantitative estimate of drug-likeness (QED) is 0.539. The van der Waals surface area contributed by atoms with E-state index in [2.05, 4.69) is 75.2 Å². The van der Waals surface area contributed by atoms with Gasteiger partial charge in [-0.1, -0.05) is 54.2 Å². The molecule has 0 radical (unpaired) electrons. The van der Waals surface area contributed by atoms with E-state index in [0.717, 1.165) is 42.1 Å². The predicted octanol–water partition coefficient (Wildman–Crippen LogP) is 4.50. The summed E-state index contributed by atoms with van der Waals surface area (Å²) in [5.41, 5.74) is 2.60. The van der Waals surface area contributed by atoms with Crippen molar-refractivity contribution in [2.75, 3.05) is 20.2 Å². The largest absolute Gasteiger partial charge is 0.497 e. The van der Waals surface area contributed by atoms with E-state index in [4.69, 9.17) is 4.74 Å². The van der Waals surface area contributed by atoms with Gasteiger partial charge < -0.3 is 9.30 Å². The highest BCUT2D eigenvalue weighted by Crippen LogP contribution is 2.29. The van der Waals surface area contributed by atoms with Crippen LogP contribution in [0.2, 0.25) is 0 Å². The summed E-state index contributed by atoms with van der Waals surface area (Å²) in [6.45, 7) is 3.09. The molecule has 0 spiro atoms. The number of methoxy groups -OCH3 is 1. The van der Waals surface area contributed by atoms with Crippen LogP contribution >= 0.6 is 11.8 Å². The first-order chi connectivity index (χ1) is 14.2. The van der Waals surface area contributed by atoms with Crippen molar-refractivity contribution < 1.29 is 4.74 Å². The van der Waals surface area contributed by atoms with E-state index in [1.807, 2.05) is 6.07 Å². The maximum Gasteiger partial charge on any atom is 0.191 e. The Morgan fingerprint density at radius 1 is 1.07 bits per heavy atom. The maximum atomic E-state index is 5.37. The predicted molar refractivity (Wildman–Crippen MR) is 117 cm³/mol. The van der Waals surface area contributed by atoms with Gasteiger partial charge in [0.2, 0.25) is 0 Å². The molecule has 29 heavy (non-hydrogen) atoms. The van der Waals surface area contributed by atoms with Crippen molar-refractivity contribution in [3.8, 4) is 5.75 Å². The lowest BCUT2D eigenvalue weighted by molar-refractivity contribution is 0.194. The van der Waals surface area contributed by atoms with Gasteiger partial charge in [0.1, 0.15) is 11.6 Å². The topological polar surface area (TPSA) is 43.2 Å². The van der Waals surface area contributed by atoms with Gasteiger partial charge >= 0.3 is 0 Å². The summed E-state index contributed by atoms with van der Waals surface area (Å²) >= 11 is 1.75. The lowest BCUT2D eigenvalue weighted by Gasteiger charge is -2.32. The van der Waals surface area contributed by atoms with Gasteiger partial charge in [-0.3, -0.25) is 4.90 Å². The second-order valence-electron chi connectivity index (χ2n) is 7.60. The average Bonchev–Trinajstić information content (AvgIpc) is 3.13. The lowest BCUT2D eigenvalue weighted by Crippen LogP contribution is -2.34. The van der Waals surface area contributed by atoms with Crippen LogP contribution in [-0.4, -0.2) is 39.9 Å². The molecule has 1 aliphatic rings. The number of benzene rings is 2. The van der Waals surface area contributed by atoms with E-state index < -0.39 is 0 Å². The number of ether oxygens (including phenoxy) is 1. The van der Waals surface area contributed by atoms with Crippen molar-refractivity contribution >= 4 is 11.8 Å². The smallest absolute Gasteiger partial charge is 0.191 e. The molecule has 4 rings (SSSR count). The molecule has 1 unspecified atom stereocenters. The van der Waals surface area contributed by atoms with Crippen molar-refractivity contribution in [2.45, 2.75) is 36.2 Å². The Labute approximate surface area is 177 Å². The van der Waals surface area contributed by atoms with Gasteiger partial charge in [0.25, 0.3) is 0 Å². The van der Waals surface area contributed by atoms with Crippen molar-refractivity contribution in [1.82, 2.24) is 19.7 Å². The minimum atomic E-state index is 0.429. The Balaban J connectivity index is 1.39. The third-order valence-electron chi connectivity index (χ3n) is 5.49. The average molecular weight is 409 g/mol. The van der Waals surface area contributed by atoms with E-state index in [1.54, 1.807) is 18.9 Å². The molecule has 0 saturated carbocycles. The Morgan fingerprint density at radius 3 is 2.72 bits per heavy atom. The van der Waals surface area contributed by atoms with Gasteiger partial charge in [-0.25, -0.2) is 0 Å². The van der Waals surface area contributed by atoms with E-state index in [0.29, 0.717) is 5.92 Å². The molecule has 0 N–H and O–H groups in total. The number of nitrogens with zero attached hydrogens (tertiary/aromatic N) is 4. The summed E-state index contributed by atoms with van der Waals surface area (Å²) in [6, 6.07) is 18.9. The first-order valence-corrected chi connectivity index (χ1v) is 11.1. The molecule has 0 amide bonds. The van der Waals surface area contributed by atoms with Crippen molar-refractivity contribution in [3.63, 3.8) is 0 Å². The molecule has 0 bridgehead atoms. The van der Waals surface area contributed by atoms with E-state index in [1.165, 1.54) is 24.0 Å². The van der Waals surface area contributed by atoms with Crippen LogP contribution < -0.4 is 4.74 Å². The normalized spacial score (nSPS) is 17.4. The minimum absolute atomic E-state index is 0.429. The summed E-state index contributed by atoms with van der Waals surface area (Å²) in [6.07, 6.45) is 2.36. The molecule has 2 heterocycles. The number of likely N-dealkylation sites (tertiary alicyclic amines) is 1. The summed E-state index contributed by atoms with van der Waals surface area (Å²) in [5, 5.41) is 10.0. The van der Waals surface area contributed by atoms with E-state index in [9.17, 15) is 0 Å². The SMILES string of the molecule is COc1cccc(CN2CCCC(c3nnc(SCc4ccccc4)n3C)C2)c1. The second kappa shape index (κ2) is 9.46. The van der Waals surface area contributed by atoms with Gasteiger partial charge in [0, 0.05) is 31.8 Å². The highest BCUT2D eigenvalue weighted by Gasteiger charge is 2.26. The Bertz CT molecular complexity index is 928. The first kappa shape index (κ1) is 20.0. The van der Waals surface area contributed by atoms with Crippen LogP contribution in [0.4, 0.5) is 0 Å². The molecule has 0 aliphatic carbocycles. The van der Waals surface area contributed by atoms with E-state index >= 15 is 0 Å². The molecule has 1 aromatic heterocycles. The highest BCUT2D eigenvalue weighted by atomic mass is 32.2. The summed E-state index contributed by atoms with van der Waals surface area (Å²) in [4.78, 5) is 2.52. The minimum Gasteiger partial charge on any atom is -0.497 e. The highest BCUT2D eigenvalue weighted by molar-refractivity contribution is 7.98. The third kappa shape index (κ3) is 5.00. The zero-order valence-electron chi connectivity index (χ0n) is 17.1. The fourth-order valence-electron chi connectivity index (χ4n) is 3.97. The number of thioether (sulfide) groups is 1. The zero-order valence-corrected chi connectivity index (χ0v) is 17.9. The fraction of sp³-hybridized carbons (Fsp3) is 0.391. The number of hydrogen-bond acceptors (Lipinski definition) is 5. The zero-order chi connectivity index (χ0) is 20.1. The molecule has 6 heteroatoms. The molecule has 1 aliphatic heterocycles. The molecule has 5 nitrogen and oxygen atoms in total. The van der Waals surface area contributed by atoms with E-state index in [-0.39, 0.29) is 0 Å². The van der Waals surface area contributed by atoms with Crippen molar-refractivity contribution in [3.05, 3.63) is 71.5 Å². The van der Waals surface area contributed by atoms with Gasteiger partial charge in [-0.2, -0.15) is 0 Å². The van der Waals surface area contributed by atoms with Crippen LogP contribution in [0.15, 0.2) is 59.8 Å². The monoisotopic (exact) mass is 408 g/mol. The van der Waals surface area contributed by atoms with Crippen molar-refractivity contribution in [1.29, 1.82) is 0 Å². The Hall–Kier alpha value is -2.31. The molecule has 152 valence electrons.